The zero-order chi connectivity index (χ0) is 23.9. The molecule has 0 radical (unpaired) electrons. The van der Waals surface area contributed by atoms with Crippen LogP contribution in [0.5, 0.6) is 0 Å². The number of nitrogens with two attached hydrogens (primary N) is 1. The average Bonchev–Trinajstić information content (AvgIpc) is 3.53. The van der Waals surface area contributed by atoms with Gasteiger partial charge in [0.1, 0.15) is 5.82 Å². The number of benzene rings is 1. The second-order valence-electron chi connectivity index (χ2n) is 7.29. The van der Waals surface area contributed by atoms with Crippen molar-refractivity contribution in [3.8, 4) is 0 Å². The van der Waals surface area contributed by atoms with Crippen molar-refractivity contribution in [3.63, 3.8) is 0 Å². The van der Waals surface area contributed by atoms with Crippen molar-refractivity contribution in [1.29, 1.82) is 0 Å². The predicted molar refractivity (Wildman–Crippen MR) is 114 cm³/mol. The van der Waals surface area contributed by atoms with E-state index in [9.17, 15) is 18.0 Å². The largest absolute Gasteiger partial charge is 0.490 e. The first kappa shape index (κ1) is 24.7. The summed E-state index contributed by atoms with van der Waals surface area (Å²) >= 11 is 0. The molecule has 5 N–H and O–H groups in total. The summed E-state index contributed by atoms with van der Waals surface area (Å²) in [6, 6.07) is 8.05. The zero-order valence-electron chi connectivity index (χ0n) is 17.6. The first-order valence-corrected chi connectivity index (χ1v) is 9.71. The van der Waals surface area contributed by atoms with E-state index in [1.54, 1.807) is 0 Å². The van der Waals surface area contributed by atoms with Gasteiger partial charge in [0.25, 0.3) is 0 Å². The molecule has 174 valence electrons. The van der Waals surface area contributed by atoms with Crippen LogP contribution in [-0.4, -0.2) is 53.8 Å². The minimum atomic E-state index is -5.08. The monoisotopic (exact) mass is 454 g/mol. The number of primary amides is 1. The lowest BCUT2D eigenvalue weighted by molar-refractivity contribution is -0.192. The molecular weight excluding hydrogens is 429 g/mol. The number of alkyl halides is 3. The van der Waals surface area contributed by atoms with Gasteiger partial charge in [-0.25, -0.2) is 9.78 Å². The summed E-state index contributed by atoms with van der Waals surface area (Å²) in [7, 11) is 4.00. The predicted octanol–water partition coefficient (Wildman–Crippen LogP) is 3.08. The van der Waals surface area contributed by atoms with Crippen LogP contribution in [0.2, 0.25) is 0 Å². The average molecular weight is 454 g/mol. The number of carboxylic acids is 1. The number of amides is 1. The minimum Gasteiger partial charge on any atom is -0.475 e. The van der Waals surface area contributed by atoms with Crippen LogP contribution in [0.15, 0.2) is 30.5 Å². The summed E-state index contributed by atoms with van der Waals surface area (Å²) in [6.07, 6.45) is -0.617. The molecule has 3 rings (SSSR count). The molecule has 1 aromatic heterocycles. The zero-order valence-corrected chi connectivity index (χ0v) is 17.6. The highest BCUT2D eigenvalue weighted by atomic mass is 19.4. The molecule has 0 aliphatic heterocycles. The Balaban J connectivity index is 0.000000451. The Hall–Kier alpha value is -3.57. The van der Waals surface area contributed by atoms with E-state index in [0.717, 1.165) is 35.6 Å². The van der Waals surface area contributed by atoms with E-state index in [1.807, 2.05) is 49.5 Å². The highest BCUT2D eigenvalue weighted by Crippen LogP contribution is 2.42. The lowest BCUT2D eigenvalue weighted by Crippen LogP contribution is -2.21. The topological polar surface area (TPSA) is 133 Å². The Labute approximate surface area is 182 Å². The molecule has 1 heterocycles. The molecule has 0 spiro atoms. The molecule has 1 saturated carbocycles. The van der Waals surface area contributed by atoms with E-state index >= 15 is 0 Å². The summed E-state index contributed by atoms with van der Waals surface area (Å²) in [4.78, 5) is 30.9. The number of hydrogen-bond donors (Lipinski definition) is 4. The van der Waals surface area contributed by atoms with Crippen molar-refractivity contribution in [1.82, 2.24) is 9.97 Å². The molecule has 0 atom stereocenters. The van der Waals surface area contributed by atoms with Crippen LogP contribution >= 0.6 is 0 Å². The van der Waals surface area contributed by atoms with Crippen LogP contribution in [0.1, 0.15) is 30.7 Å². The molecule has 0 unspecified atom stereocenters. The van der Waals surface area contributed by atoms with Gasteiger partial charge in [0.2, 0.25) is 11.9 Å². The van der Waals surface area contributed by atoms with Crippen LogP contribution in [0, 0.1) is 0 Å². The Morgan fingerprint density at radius 3 is 2.47 bits per heavy atom. The highest BCUT2D eigenvalue weighted by molar-refractivity contribution is 5.74. The van der Waals surface area contributed by atoms with Gasteiger partial charge < -0.3 is 26.4 Å². The first-order valence-electron chi connectivity index (χ1n) is 9.71. The Bertz CT molecular complexity index is 948. The van der Waals surface area contributed by atoms with Crippen LogP contribution in [0.4, 0.5) is 36.3 Å². The fourth-order valence-electron chi connectivity index (χ4n) is 2.58. The van der Waals surface area contributed by atoms with E-state index in [0.29, 0.717) is 18.4 Å². The number of carbonyl (C=O) groups is 2. The Morgan fingerprint density at radius 2 is 1.94 bits per heavy atom. The van der Waals surface area contributed by atoms with E-state index in [2.05, 4.69) is 20.6 Å². The summed E-state index contributed by atoms with van der Waals surface area (Å²) in [5.74, 6) is -1.25. The maximum absolute atomic E-state index is 10.9. The molecule has 1 aliphatic carbocycles. The summed E-state index contributed by atoms with van der Waals surface area (Å²) in [6.45, 7) is 0.474. The smallest absolute Gasteiger partial charge is 0.475 e. The molecule has 0 bridgehead atoms. The highest BCUT2D eigenvalue weighted by Gasteiger charge is 2.38. The van der Waals surface area contributed by atoms with Gasteiger partial charge in [-0.2, -0.15) is 18.2 Å². The van der Waals surface area contributed by atoms with Crippen LogP contribution in [-0.2, 0) is 9.59 Å². The van der Waals surface area contributed by atoms with Gasteiger partial charge in [0, 0.05) is 50.2 Å². The third-order valence-electron chi connectivity index (χ3n) is 4.36. The van der Waals surface area contributed by atoms with Crippen molar-refractivity contribution < 1.29 is 27.9 Å². The van der Waals surface area contributed by atoms with E-state index < -0.39 is 12.1 Å². The molecule has 32 heavy (non-hydrogen) atoms. The molecule has 1 aromatic carbocycles. The van der Waals surface area contributed by atoms with E-state index in [-0.39, 0.29) is 12.3 Å². The number of carboxylic acid groups (broad SMARTS) is 1. The van der Waals surface area contributed by atoms with Crippen molar-refractivity contribution in [2.45, 2.75) is 31.4 Å². The number of aromatic nitrogens is 2. The van der Waals surface area contributed by atoms with Crippen LogP contribution in [0.25, 0.3) is 0 Å². The SMILES string of the molecule is CN(C)c1cccc(Nc2ncc(C3CC3)c(NCCC(N)=O)n2)c1.O=C(O)C(F)(F)F. The number of halogens is 3. The van der Waals surface area contributed by atoms with Gasteiger partial charge in [0.05, 0.1) is 0 Å². The minimum absolute atomic E-state index is 0.280. The quantitative estimate of drug-likeness (QED) is 0.478. The van der Waals surface area contributed by atoms with Gasteiger partial charge in [-0.15, -0.1) is 0 Å². The first-order chi connectivity index (χ1) is 15.0. The number of aliphatic carboxylic acids is 1. The number of hydrogen-bond acceptors (Lipinski definition) is 7. The van der Waals surface area contributed by atoms with Gasteiger partial charge in [-0.3, -0.25) is 4.79 Å². The number of nitrogens with zero attached hydrogens (tertiary/aromatic N) is 3. The fraction of sp³-hybridized carbons (Fsp3) is 0.400. The fourth-order valence-corrected chi connectivity index (χ4v) is 2.58. The summed E-state index contributed by atoms with van der Waals surface area (Å²) in [5.41, 5.74) is 8.34. The molecule has 2 aromatic rings. The molecule has 1 fully saturated rings. The van der Waals surface area contributed by atoms with Gasteiger partial charge in [0.15, 0.2) is 0 Å². The number of carbonyl (C=O) groups excluding carboxylic acids is 1. The normalized spacial score (nSPS) is 12.9. The number of anilines is 4. The molecule has 12 heteroatoms. The second kappa shape index (κ2) is 10.6. The Kier molecular flexibility index (Phi) is 8.21. The maximum atomic E-state index is 10.9. The van der Waals surface area contributed by atoms with Crippen molar-refractivity contribution in [2.75, 3.05) is 36.2 Å². The van der Waals surface area contributed by atoms with Crippen molar-refractivity contribution >= 4 is 35.0 Å². The lowest BCUT2D eigenvalue weighted by atomic mass is 10.2. The van der Waals surface area contributed by atoms with E-state index in [4.69, 9.17) is 15.6 Å². The summed E-state index contributed by atoms with van der Waals surface area (Å²) < 4.78 is 31.7. The molecule has 1 aliphatic rings. The molecule has 1 amide bonds. The molecule has 9 nitrogen and oxygen atoms in total. The maximum Gasteiger partial charge on any atom is 0.490 e. The number of nitrogens with one attached hydrogen (secondary N) is 2. The van der Waals surface area contributed by atoms with Gasteiger partial charge >= 0.3 is 12.1 Å². The van der Waals surface area contributed by atoms with Gasteiger partial charge in [-0.05, 0) is 37.0 Å². The van der Waals surface area contributed by atoms with Gasteiger partial charge in [-0.1, -0.05) is 6.07 Å². The molecular formula is C20H25F3N6O3. The van der Waals surface area contributed by atoms with Crippen molar-refractivity contribution in [3.05, 3.63) is 36.0 Å². The standard InChI is InChI=1S/C18H24N6O.C2HF3O2/c1-24(2)14-5-3-4-13(10-14)22-18-21-11-15(12-6-7-12)17(23-18)20-9-8-16(19)25;3-2(4,5)1(6)7/h3-5,10-12H,6-9H2,1-2H3,(H2,19,25)(H2,20,21,22,23);(H,6,7). The molecule has 0 saturated heterocycles. The lowest BCUT2D eigenvalue weighted by Gasteiger charge is -2.15. The number of rotatable bonds is 8. The van der Waals surface area contributed by atoms with Crippen LogP contribution < -0.4 is 21.3 Å². The van der Waals surface area contributed by atoms with Crippen LogP contribution in [0.3, 0.4) is 0 Å². The van der Waals surface area contributed by atoms with E-state index in [1.165, 1.54) is 0 Å². The van der Waals surface area contributed by atoms with Crippen molar-refractivity contribution in [2.24, 2.45) is 5.73 Å². The third-order valence-corrected chi connectivity index (χ3v) is 4.36. The summed E-state index contributed by atoms with van der Waals surface area (Å²) in [5, 5.41) is 13.6. The third kappa shape index (κ3) is 7.93. The Morgan fingerprint density at radius 1 is 1.28 bits per heavy atom. The second-order valence-corrected chi connectivity index (χ2v) is 7.29.